The summed E-state index contributed by atoms with van der Waals surface area (Å²) in [7, 11) is 0. The molecule has 0 aliphatic carbocycles. The predicted octanol–water partition coefficient (Wildman–Crippen LogP) is 2.46. The predicted molar refractivity (Wildman–Crippen MR) is 63.1 cm³/mol. The highest BCUT2D eigenvalue weighted by atomic mass is 32.2. The van der Waals surface area contributed by atoms with Crippen LogP contribution in [-0.4, -0.2) is 9.36 Å². The number of nitrogens with two attached hydrogens (primary N) is 1. The molecule has 0 saturated heterocycles. The lowest BCUT2D eigenvalue weighted by molar-refractivity contribution is 1.05. The van der Waals surface area contributed by atoms with Crippen molar-refractivity contribution in [3.8, 4) is 0 Å². The number of aromatic nitrogens is 2. The first-order valence-electron chi connectivity index (χ1n) is 4.53. The SMILES string of the molecule is Cc1cc(CN)ccc1Sc1ncns1. The smallest absolute Gasteiger partial charge is 0.174 e. The molecule has 0 spiro atoms. The van der Waals surface area contributed by atoms with Gasteiger partial charge in [-0.1, -0.05) is 23.9 Å². The quantitative estimate of drug-likeness (QED) is 0.891. The Hall–Kier alpha value is -0.910. The highest BCUT2D eigenvalue weighted by Gasteiger charge is 2.04. The summed E-state index contributed by atoms with van der Waals surface area (Å²) in [5, 5.41) is 0. The van der Waals surface area contributed by atoms with Crippen LogP contribution in [0.4, 0.5) is 0 Å². The third-order valence-electron chi connectivity index (χ3n) is 2.01. The van der Waals surface area contributed by atoms with E-state index in [1.165, 1.54) is 22.0 Å². The molecule has 1 aromatic carbocycles. The molecule has 0 aliphatic rings. The Morgan fingerprint density at radius 1 is 1.47 bits per heavy atom. The lowest BCUT2D eigenvalue weighted by Gasteiger charge is -2.04. The molecule has 0 amide bonds. The van der Waals surface area contributed by atoms with Crippen LogP contribution >= 0.6 is 23.3 Å². The zero-order chi connectivity index (χ0) is 10.7. The number of rotatable bonds is 3. The molecule has 0 saturated carbocycles. The average Bonchev–Trinajstić information content (AvgIpc) is 2.74. The minimum absolute atomic E-state index is 0.588. The highest BCUT2D eigenvalue weighted by Crippen LogP contribution is 2.30. The molecule has 2 aromatic rings. The van der Waals surface area contributed by atoms with E-state index in [2.05, 4.69) is 34.5 Å². The second-order valence-electron chi connectivity index (χ2n) is 3.11. The Labute approximate surface area is 96.9 Å². The molecule has 0 radical (unpaired) electrons. The normalized spacial score (nSPS) is 10.5. The number of nitrogens with zero attached hydrogens (tertiary/aromatic N) is 2. The molecule has 15 heavy (non-hydrogen) atoms. The molecular weight excluding hydrogens is 226 g/mol. The van der Waals surface area contributed by atoms with E-state index in [-0.39, 0.29) is 0 Å². The number of aryl methyl sites for hydroxylation is 1. The monoisotopic (exact) mass is 237 g/mol. The van der Waals surface area contributed by atoms with E-state index in [4.69, 9.17) is 5.73 Å². The molecule has 5 heteroatoms. The van der Waals surface area contributed by atoms with Gasteiger partial charge in [-0.15, -0.1) is 0 Å². The van der Waals surface area contributed by atoms with E-state index in [9.17, 15) is 0 Å². The fourth-order valence-corrected chi connectivity index (χ4v) is 2.73. The molecular formula is C10H11N3S2. The summed E-state index contributed by atoms with van der Waals surface area (Å²) in [6.45, 7) is 2.67. The Balaban J connectivity index is 2.22. The summed E-state index contributed by atoms with van der Waals surface area (Å²) >= 11 is 3.06. The Bertz CT molecular complexity index is 440. The van der Waals surface area contributed by atoms with Gasteiger partial charge in [0.05, 0.1) is 0 Å². The zero-order valence-corrected chi connectivity index (χ0v) is 9.94. The van der Waals surface area contributed by atoms with Gasteiger partial charge in [-0.25, -0.2) is 4.98 Å². The molecule has 2 rings (SSSR count). The Morgan fingerprint density at radius 2 is 2.33 bits per heavy atom. The van der Waals surface area contributed by atoms with Crippen molar-refractivity contribution >= 4 is 23.3 Å². The van der Waals surface area contributed by atoms with Crippen molar-refractivity contribution in [3.05, 3.63) is 35.7 Å². The van der Waals surface area contributed by atoms with Crippen LogP contribution in [0.2, 0.25) is 0 Å². The second kappa shape index (κ2) is 4.74. The lowest BCUT2D eigenvalue weighted by Crippen LogP contribution is -1.96. The number of hydrogen-bond donors (Lipinski definition) is 1. The van der Waals surface area contributed by atoms with Crippen LogP contribution in [0.3, 0.4) is 0 Å². The molecule has 0 aliphatic heterocycles. The first kappa shape index (κ1) is 10.6. The van der Waals surface area contributed by atoms with Gasteiger partial charge < -0.3 is 5.73 Å². The molecule has 0 bridgehead atoms. The summed E-state index contributed by atoms with van der Waals surface area (Å²) in [6, 6.07) is 6.25. The van der Waals surface area contributed by atoms with E-state index < -0.39 is 0 Å². The zero-order valence-electron chi connectivity index (χ0n) is 8.30. The highest BCUT2D eigenvalue weighted by molar-refractivity contribution is 8.01. The van der Waals surface area contributed by atoms with Crippen molar-refractivity contribution in [2.24, 2.45) is 5.73 Å². The Morgan fingerprint density at radius 3 is 2.93 bits per heavy atom. The van der Waals surface area contributed by atoms with Crippen LogP contribution in [-0.2, 0) is 6.54 Å². The van der Waals surface area contributed by atoms with Gasteiger partial charge in [-0.2, -0.15) is 4.37 Å². The van der Waals surface area contributed by atoms with E-state index >= 15 is 0 Å². The molecule has 0 unspecified atom stereocenters. The van der Waals surface area contributed by atoms with Gasteiger partial charge >= 0.3 is 0 Å². The average molecular weight is 237 g/mol. The summed E-state index contributed by atoms with van der Waals surface area (Å²) < 4.78 is 4.94. The van der Waals surface area contributed by atoms with Crippen LogP contribution in [0, 0.1) is 6.92 Å². The summed E-state index contributed by atoms with van der Waals surface area (Å²) in [4.78, 5) is 5.35. The summed E-state index contributed by atoms with van der Waals surface area (Å²) in [6.07, 6.45) is 1.58. The second-order valence-corrected chi connectivity index (χ2v) is 5.18. The van der Waals surface area contributed by atoms with Gasteiger partial charge in [0.1, 0.15) is 6.33 Å². The van der Waals surface area contributed by atoms with Gasteiger partial charge in [0.2, 0.25) is 0 Å². The van der Waals surface area contributed by atoms with Crippen LogP contribution in [0.1, 0.15) is 11.1 Å². The fourth-order valence-electron chi connectivity index (χ4n) is 1.25. The molecule has 1 aromatic heterocycles. The van der Waals surface area contributed by atoms with E-state index in [0.717, 1.165) is 9.90 Å². The lowest BCUT2D eigenvalue weighted by atomic mass is 10.1. The van der Waals surface area contributed by atoms with Crippen molar-refractivity contribution in [2.45, 2.75) is 22.7 Å². The minimum atomic E-state index is 0.588. The van der Waals surface area contributed by atoms with Gasteiger partial charge in [0.15, 0.2) is 4.34 Å². The van der Waals surface area contributed by atoms with Crippen molar-refractivity contribution in [2.75, 3.05) is 0 Å². The molecule has 3 nitrogen and oxygen atoms in total. The first-order chi connectivity index (χ1) is 7.29. The van der Waals surface area contributed by atoms with Crippen molar-refractivity contribution in [1.29, 1.82) is 0 Å². The third kappa shape index (κ3) is 2.56. The molecule has 0 fully saturated rings. The van der Waals surface area contributed by atoms with Gasteiger partial charge in [-0.05, 0) is 35.6 Å². The number of benzene rings is 1. The van der Waals surface area contributed by atoms with Crippen LogP contribution < -0.4 is 5.73 Å². The summed E-state index contributed by atoms with van der Waals surface area (Å²) in [5.41, 5.74) is 7.97. The van der Waals surface area contributed by atoms with Gasteiger partial charge in [0, 0.05) is 11.4 Å². The van der Waals surface area contributed by atoms with Crippen molar-refractivity contribution in [1.82, 2.24) is 9.36 Å². The standard InChI is InChI=1S/C10H11N3S2/c1-7-4-8(5-11)2-3-9(7)14-10-12-6-13-15-10/h2-4,6H,5,11H2,1H3. The van der Waals surface area contributed by atoms with E-state index in [0.29, 0.717) is 6.54 Å². The molecule has 2 N–H and O–H groups in total. The maximum absolute atomic E-state index is 5.58. The largest absolute Gasteiger partial charge is 0.326 e. The maximum Gasteiger partial charge on any atom is 0.174 e. The summed E-state index contributed by atoms with van der Waals surface area (Å²) in [5.74, 6) is 0. The topological polar surface area (TPSA) is 51.8 Å². The molecule has 1 heterocycles. The van der Waals surface area contributed by atoms with Crippen LogP contribution in [0.15, 0.2) is 33.8 Å². The van der Waals surface area contributed by atoms with Crippen LogP contribution in [0.5, 0.6) is 0 Å². The first-order valence-corrected chi connectivity index (χ1v) is 6.12. The Kier molecular flexibility index (Phi) is 3.35. The van der Waals surface area contributed by atoms with Gasteiger partial charge in [0.25, 0.3) is 0 Å². The van der Waals surface area contributed by atoms with E-state index in [1.807, 2.05) is 0 Å². The van der Waals surface area contributed by atoms with E-state index in [1.54, 1.807) is 18.1 Å². The fraction of sp³-hybridized carbons (Fsp3) is 0.200. The third-order valence-corrected chi connectivity index (χ3v) is 3.91. The number of hydrogen-bond acceptors (Lipinski definition) is 5. The van der Waals surface area contributed by atoms with Gasteiger partial charge in [-0.3, -0.25) is 0 Å². The van der Waals surface area contributed by atoms with Crippen molar-refractivity contribution in [3.63, 3.8) is 0 Å². The van der Waals surface area contributed by atoms with Crippen LogP contribution in [0.25, 0.3) is 0 Å². The minimum Gasteiger partial charge on any atom is -0.326 e. The molecule has 0 atom stereocenters. The van der Waals surface area contributed by atoms with Crippen molar-refractivity contribution < 1.29 is 0 Å². The maximum atomic E-state index is 5.58. The molecule has 78 valence electrons.